The molecule has 0 saturated carbocycles. The standard InChI is InChI=1S/C11H17NO/c1-9-3-5-11(6-4-9)8-12-7-10(2)13/h3-6,10,12-13H,7-8H2,1-2H3. The van der Waals surface area contributed by atoms with Crippen molar-refractivity contribution >= 4 is 0 Å². The molecular formula is C11H17NO. The van der Waals surface area contributed by atoms with Gasteiger partial charge in [-0.2, -0.15) is 0 Å². The van der Waals surface area contributed by atoms with Gasteiger partial charge in [0.15, 0.2) is 0 Å². The zero-order chi connectivity index (χ0) is 9.68. The monoisotopic (exact) mass is 179 g/mol. The Hall–Kier alpha value is -0.860. The highest BCUT2D eigenvalue weighted by Crippen LogP contribution is 2.02. The number of aliphatic hydroxyl groups is 1. The molecule has 0 fully saturated rings. The second-order valence-corrected chi connectivity index (χ2v) is 3.47. The molecule has 0 spiro atoms. The predicted octanol–water partition coefficient (Wildman–Crippen LogP) is 1.47. The van der Waals surface area contributed by atoms with E-state index < -0.39 is 0 Å². The molecule has 0 aliphatic rings. The van der Waals surface area contributed by atoms with Crippen LogP contribution in [0.5, 0.6) is 0 Å². The first-order valence-electron chi connectivity index (χ1n) is 4.63. The molecule has 1 aromatic carbocycles. The number of benzene rings is 1. The van der Waals surface area contributed by atoms with E-state index >= 15 is 0 Å². The molecule has 2 nitrogen and oxygen atoms in total. The topological polar surface area (TPSA) is 32.3 Å². The third-order valence-electron chi connectivity index (χ3n) is 1.89. The third-order valence-corrected chi connectivity index (χ3v) is 1.89. The Bertz CT molecular complexity index is 241. The molecule has 1 aromatic rings. The van der Waals surface area contributed by atoms with Crippen LogP contribution in [0.3, 0.4) is 0 Å². The fourth-order valence-corrected chi connectivity index (χ4v) is 1.13. The molecule has 0 bridgehead atoms. The van der Waals surface area contributed by atoms with Crippen molar-refractivity contribution in [3.05, 3.63) is 35.4 Å². The second kappa shape index (κ2) is 5.00. The minimum atomic E-state index is -0.273. The van der Waals surface area contributed by atoms with Gasteiger partial charge in [0, 0.05) is 13.1 Å². The van der Waals surface area contributed by atoms with Crippen molar-refractivity contribution in [3.8, 4) is 0 Å². The molecule has 2 heteroatoms. The van der Waals surface area contributed by atoms with E-state index in [0.29, 0.717) is 6.54 Å². The number of rotatable bonds is 4. The molecule has 1 unspecified atom stereocenters. The smallest absolute Gasteiger partial charge is 0.0636 e. The summed E-state index contributed by atoms with van der Waals surface area (Å²) in [7, 11) is 0. The summed E-state index contributed by atoms with van der Waals surface area (Å²) in [5.41, 5.74) is 2.53. The molecule has 1 rings (SSSR count). The molecule has 2 N–H and O–H groups in total. The summed E-state index contributed by atoms with van der Waals surface area (Å²) in [6, 6.07) is 8.40. The van der Waals surface area contributed by atoms with E-state index in [1.54, 1.807) is 6.92 Å². The van der Waals surface area contributed by atoms with Crippen LogP contribution in [-0.4, -0.2) is 17.8 Å². The van der Waals surface area contributed by atoms with Gasteiger partial charge in [-0.1, -0.05) is 29.8 Å². The average molecular weight is 179 g/mol. The summed E-state index contributed by atoms with van der Waals surface area (Å²) < 4.78 is 0. The van der Waals surface area contributed by atoms with Gasteiger partial charge in [-0.3, -0.25) is 0 Å². The van der Waals surface area contributed by atoms with Crippen LogP contribution in [0, 0.1) is 6.92 Å². The highest BCUT2D eigenvalue weighted by atomic mass is 16.3. The first-order valence-corrected chi connectivity index (χ1v) is 4.63. The van der Waals surface area contributed by atoms with E-state index in [1.165, 1.54) is 11.1 Å². The van der Waals surface area contributed by atoms with Gasteiger partial charge in [-0.05, 0) is 19.4 Å². The lowest BCUT2D eigenvalue weighted by Crippen LogP contribution is -2.23. The van der Waals surface area contributed by atoms with Gasteiger partial charge in [-0.25, -0.2) is 0 Å². The van der Waals surface area contributed by atoms with Gasteiger partial charge < -0.3 is 10.4 Å². The largest absolute Gasteiger partial charge is 0.392 e. The molecule has 0 radical (unpaired) electrons. The summed E-state index contributed by atoms with van der Waals surface area (Å²) in [5.74, 6) is 0. The number of hydrogen-bond acceptors (Lipinski definition) is 2. The minimum absolute atomic E-state index is 0.273. The van der Waals surface area contributed by atoms with Gasteiger partial charge in [0.25, 0.3) is 0 Å². The summed E-state index contributed by atoms with van der Waals surface area (Å²) in [6.45, 7) is 5.33. The Labute approximate surface area is 79.6 Å². The number of hydrogen-bond donors (Lipinski definition) is 2. The fraction of sp³-hybridized carbons (Fsp3) is 0.455. The van der Waals surface area contributed by atoms with E-state index in [1.807, 2.05) is 0 Å². The van der Waals surface area contributed by atoms with Crippen LogP contribution in [0.15, 0.2) is 24.3 Å². The van der Waals surface area contributed by atoms with E-state index in [2.05, 4.69) is 36.5 Å². The Morgan fingerprint density at radius 1 is 1.31 bits per heavy atom. The minimum Gasteiger partial charge on any atom is -0.392 e. The molecule has 0 aliphatic heterocycles. The first-order chi connectivity index (χ1) is 6.18. The van der Waals surface area contributed by atoms with Crippen molar-refractivity contribution in [3.63, 3.8) is 0 Å². The highest BCUT2D eigenvalue weighted by Gasteiger charge is 1.95. The van der Waals surface area contributed by atoms with Crippen LogP contribution < -0.4 is 5.32 Å². The number of aliphatic hydroxyl groups excluding tert-OH is 1. The van der Waals surface area contributed by atoms with E-state index in [0.717, 1.165) is 6.54 Å². The molecule has 1 atom stereocenters. The summed E-state index contributed by atoms with van der Waals surface area (Å²) in [4.78, 5) is 0. The summed E-state index contributed by atoms with van der Waals surface area (Å²) >= 11 is 0. The van der Waals surface area contributed by atoms with E-state index in [-0.39, 0.29) is 6.10 Å². The maximum Gasteiger partial charge on any atom is 0.0636 e. The zero-order valence-corrected chi connectivity index (χ0v) is 8.25. The van der Waals surface area contributed by atoms with Crippen molar-refractivity contribution in [2.45, 2.75) is 26.5 Å². The summed E-state index contributed by atoms with van der Waals surface area (Å²) in [5, 5.41) is 12.2. The van der Waals surface area contributed by atoms with Crippen LogP contribution in [0.1, 0.15) is 18.1 Å². The average Bonchev–Trinajstić information content (AvgIpc) is 2.08. The lowest BCUT2D eigenvalue weighted by Gasteiger charge is -2.06. The van der Waals surface area contributed by atoms with Crippen LogP contribution in [0.4, 0.5) is 0 Å². The predicted molar refractivity (Wildman–Crippen MR) is 54.6 cm³/mol. The fourth-order valence-electron chi connectivity index (χ4n) is 1.13. The van der Waals surface area contributed by atoms with Crippen LogP contribution in [-0.2, 0) is 6.54 Å². The molecule has 0 amide bonds. The van der Waals surface area contributed by atoms with Crippen molar-refractivity contribution in [2.24, 2.45) is 0 Å². The van der Waals surface area contributed by atoms with E-state index in [9.17, 15) is 0 Å². The zero-order valence-electron chi connectivity index (χ0n) is 8.25. The second-order valence-electron chi connectivity index (χ2n) is 3.47. The Morgan fingerprint density at radius 2 is 1.92 bits per heavy atom. The molecule has 0 saturated heterocycles. The van der Waals surface area contributed by atoms with Crippen molar-refractivity contribution in [1.82, 2.24) is 5.32 Å². The lowest BCUT2D eigenvalue weighted by molar-refractivity contribution is 0.191. The van der Waals surface area contributed by atoms with Crippen LogP contribution in [0.25, 0.3) is 0 Å². The maximum absolute atomic E-state index is 9.01. The van der Waals surface area contributed by atoms with Gasteiger partial charge in [0.1, 0.15) is 0 Å². The lowest BCUT2D eigenvalue weighted by atomic mass is 10.1. The molecule has 0 aromatic heterocycles. The number of nitrogens with one attached hydrogen (secondary N) is 1. The van der Waals surface area contributed by atoms with Gasteiger partial charge in [-0.15, -0.1) is 0 Å². The third kappa shape index (κ3) is 4.06. The van der Waals surface area contributed by atoms with E-state index in [4.69, 9.17) is 5.11 Å². The first kappa shape index (κ1) is 10.2. The molecule has 0 heterocycles. The SMILES string of the molecule is Cc1ccc(CNCC(C)O)cc1. The number of aryl methyl sites for hydroxylation is 1. The van der Waals surface area contributed by atoms with Crippen molar-refractivity contribution in [2.75, 3.05) is 6.54 Å². The molecular weight excluding hydrogens is 162 g/mol. The highest BCUT2D eigenvalue weighted by molar-refractivity contribution is 5.20. The molecule has 13 heavy (non-hydrogen) atoms. The normalized spacial score (nSPS) is 12.8. The van der Waals surface area contributed by atoms with Gasteiger partial charge in [0.2, 0.25) is 0 Å². The van der Waals surface area contributed by atoms with Crippen molar-refractivity contribution in [1.29, 1.82) is 0 Å². The van der Waals surface area contributed by atoms with Gasteiger partial charge in [0.05, 0.1) is 6.10 Å². The van der Waals surface area contributed by atoms with Crippen molar-refractivity contribution < 1.29 is 5.11 Å². The van der Waals surface area contributed by atoms with Crippen LogP contribution >= 0.6 is 0 Å². The Morgan fingerprint density at radius 3 is 2.46 bits per heavy atom. The maximum atomic E-state index is 9.01. The summed E-state index contributed by atoms with van der Waals surface area (Å²) in [6.07, 6.45) is -0.273. The van der Waals surface area contributed by atoms with Gasteiger partial charge >= 0.3 is 0 Å². The Balaban J connectivity index is 2.33. The van der Waals surface area contributed by atoms with Crippen LogP contribution in [0.2, 0.25) is 0 Å². The Kier molecular flexibility index (Phi) is 3.93. The molecule has 0 aliphatic carbocycles. The molecule has 72 valence electrons. The quantitative estimate of drug-likeness (QED) is 0.733.